The number of nitrogens with one attached hydrogen (secondary N) is 1. The van der Waals surface area contributed by atoms with Crippen molar-refractivity contribution in [2.24, 2.45) is 5.92 Å². The fourth-order valence-electron chi connectivity index (χ4n) is 1.60. The zero-order valence-electron chi connectivity index (χ0n) is 11.4. The van der Waals surface area contributed by atoms with E-state index in [4.69, 9.17) is 5.11 Å². The largest absolute Gasteiger partial charge is 0.384 e. The molecule has 0 fully saturated rings. The summed E-state index contributed by atoms with van der Waals surface area (Å²) in [6, 6.07) is 5.27. The Balaban J connectivity index is 3.00. The van der Waals surface area contributed by atoms with E-state index in [0.717, 1.165) is 5.56 Å². The van der Waals surface area contributed by atoms with Crippen LogP contribution in [0.15, 0.2) is 18.2 Å². The van der Waals surface area contributed by atoms with E-state index in [1.807, 2.05) is 20.8 Å². The van der Waals surface area contributed by atoms with Crippen molar-refractivity contribution in [3.8, 4) is 11.8 Å². The third-order valence-electron chi connectivity index (χ3n) is 2.37. The number of benzene rings is 1. The zero-order valence-corrected chi connectivity index (χ0v) is 12.2. The number of aliphatic hydroxyl groups is 1. The first-order chi connectivity index (χ1) is 8.84. The number of rotatable bonds is 4. The first-order valence-corrected chi connectivity index (χ1v) is 7.70. The topological polar surface area (TPSA) is 66.4 Å². The number of hydrogen-bond acceptors (Lipinski definition) is 3. The Morgan fingerprint density at radius 2 is 2.05 bits per heavy atom. The predicted octanol–water partition coefficient (Wildman–Crippen LogP) is 1.74. The molecule has 0 aromatic heterocycles. The number of anilines is 1. The maximum atomic E-state index is 11.9. The van der Waals surface area contributed by atoms with E-state index in [-0.39, 0.29) is 18.3 Å². The lowest BCUT2D eigenvalue weighted by atomic mass is 10.1. The van der Waals surface area contributed by atoms with Crippen molar-refractivity contribution in [3.63, 3.8) is 0 Å². The molecule has 0 radical (unpaired) electrons. The van der Waals surface area contributed by atoms with Gasteiger partial charge in [-0.2, -0.15) is 0 Å². The smallest absolute Gasteiger partial charge is 0.232 e. The Morgan fingerprint density at radius 1 is 1.37 bits per heavy atom. The molecule has 0 unspecified atom stereocenters. The number of hydrogen-bond donors (Lipinski definition) is 2. The van der Waals surface area contributed by atoms with Crippen LogP contribution >= 0.6 is 0 Å². The summed E-state index contributed by atoms with van der Waals surface area (Å²) in [6.07, 6.45) is 0. The van der Waals surface area contributed by atoms with Gasteiger partial charge in [0.05, 0.1) is 11.4 Å². The Kier molecular flexibility index (Phi) is 5.40. The zero-order chi connectivity index (χ0) is 14.5. The SMILES string of the molecule is Cc1ccc(C#CCO)cc1NS(=O)(=O)CC(C)C. The molecule has 1 aromatic carbocycles. The number of aryl methyl sites for hydroxylation is 1. The Hall–Kier alpha value is -1.51. The van der Waals surface area contributed by atoms with Crippen molar-refractivity contribution in [3.05, 3.63) is 29.3 Å². The molecule has 0 saturated carbocycles. The van der Waals surface area contributed by atoms with Crippen molar-refractivity contribution in [1.29, 1.82) is 0 Å². The molecule has 19 heavy (non-hydrogen) atoms. The van der Waals surface area contributed by atoms with E-state index in [9.17, 15) is 8.42 Å². The highest BCUT2D eigenvalue weighted by Crippen LogP contribution is 2.18. The molecule has 0 heterocycles. The summed E-state index contributed by atoms with van der Waals surface area (Å²) in [4.78, 5) is 0. The monoisotopic (exact) mass is 281 g/mol. The fraction of sp³-hybridized carbons (Fsp3) is 0.429. The van der Waals surface area contributed by atoms with Crippen LogP contribution in [0.3, 0.4) is 0 Å². The second-order valence-electron chi connectivity index (χ2n) is 4.77. The lowest BCUT2D eigenvalue weighted by Gasteiger charge is -2.12. The summed E-state index contributed by atoms with van der Waals surface area (Å²) >= 11 is 0. The van der Waals surface area contributed by atoms with Crippen LogP contribution in [0.25, 0.3) is 0 Å². The van der Waals surface area contributed by atoms with E-state index in [2.05, 4.69) is 16.6 Å². The van der Waals surface area contributed by atoms with E-state index >= 15 is 0 Å². The molecule has 0 aliphatic rings. The van der Waals surface area contributed by atoms with Crippen molar-refractivity contribution in [1.82, 2.24) is 0 Å². The summed E-state index contributed by atoms with van der Waals surface area (Å²) in [5.41, 5.74) is 2.04. The van der Waals surface area contributed by atoms with E-state index < -0.39 is 10.0 Å². The second-order valence-corrected chi connectivity index (χ2v) is 6.53. The Bertz CT molecular complexity index is 595. The van der Waals surface area contributed by atoms with Crippen LogP contribution in [-0.2, 0) is 10.0 Å². The predicted molar refractivity (Wildman–Crippen MR) is 77.4 cm³/mol. The lowest BCUT2D eigenvalue weighted by molar-refractivity contribution is 0.350. The van der Waals surface area contributed by atoms with Gasteiger partial charge in [-0.15, -0.1) is 0 Å². The van der Waals surface area contributed by atoms with Crippen LogP contribution < -0.4 is 4.72 Å². The number of sulfonamides is 1. The van der Waals surface area contributed by atoms with Gasteiger partial charge in [0.25, 0.3) is 0 Å². The minimum absolute atomic E-state index is 0.0650. The summed E-state index contributed by atoms with van der Waals surface area (Å²) < 4.78 is 26.4. The van der Waals surface area contributed by atoms with Gasteiger partial charge in [0.15, 0.2) is 0 Å². The van der Waals surface area contributed by atoms with Crippen LogP contribution in [0.5, 0.6) is 0 Å². The highest BCUT2D eigenvalue weighted by molar-refractivity contribution is 7.92. The fourth-order valence-corrected chi connectivity index (χ4v) is 3.12. The van der Waals surface area contributed by atoms with Gasteiger partial charge in [0, 0.05) is 5.56 Å². The molecule has 2 N–H and O–H groups in total. The normalized spacial score (nSPS) is 11.0. The quantitative estimate of drug-likeness (QED) is 0.826. The third-order valence-corrected chi connectivity index (χ3v) is 4.00. The molecule has 0 aliphatic carbocycles. The van der Waals surface area contributed by atoms with Gasteiger partial charge >= 0.3 is 0 Å². The third kappa shape index (κ3) is 5.33. The van der Waals surface area contributed by atoms with Crippen molar-refractivity contribution >= 4 is 15.7 Å². The maximum absolute atomic E-state index is 11.9. The van der Waals surface area contributed by atoms with E-state index in [1.54, 1.807) is 18.2 Å². The van der Waals surface area contributed by atoms with Crippen LogP contribution in [0.4, 0.5) is 5.69 Å². The number of aliphatic hydroxyl groups excluding tert-OH is 1. The molecule has 0 atom stereocenters. The summed E-state index contributed by atoms with van der Waals surface area (Å²) in [6.45, 7) is 5.32. The Morgan fingerprint density at radius 3 is 2.63 bits per heavy atom. The maximum Gasteiger partial charge on any atom is 0.232 e. The van der Waals surface area contributed by atoms with Gasteiger partial charge in [-0.05, 0) is 30.5 Å². The van der Waals surface area contributed by atoms with Crippen molar-refractivity contribution in [2.75, 3.05) is 17.1 Å². The van der Waals surface area contributed by atoms with Gasteiger partial charge in [-0.25, -0.2) is 8.42 Å². The molecule has 0 amide bonds. The van der Waals surface area contributed by atoms with E-state index in [0.29, 0.717) is 11.3 Å². The van der Waals surface area contributed by atoms with Crippen LogP contribution in [0.2, 0.25) is 0 Å². The van der Waals surface area contributed by atoms with Gasteiger partial charge in [0.2, 0.25) is 10.0 Å². The molecule has 0 saturated heterocycles. The van der Waals surface area contributed by atoms with Gasteiger partial charge < -0.3 is 5.11 Å². The summed E-state index contributed by atoms with van der Waals surface area (Å²) in [5.74, 6) is 5.44. The molecular formula is C14H19NO3S. The van der Waals surface area contributed by atoms with Gasteiger partial charge in [-0.1, -0.05) is 31.8 Å². The van der Waals surface area contributed by atoms with Gasteiger partial charge in [-0.3, -0.25) is 4.72 Å². The minimum Gasteiger partial charge on any atom is -0.384 e. The molecule has 4 nitrogen and oxygen atoms in total. The van der Waals surface area contributed by atoms with Crippen LogP contribution in [0, 0.1) is 24.7 Å². The van der Waals surface area contributed by atoms with Crippen LogP contribution in [0.1, 0.15) is 25.0 Å². The molecule has 0 aliphatic heterocycles. The molecule has 1 aromatic rings. The minimum atomic E-state index is -3.34. The highest BCUT2D eigenvalue weighted by Gasteiger charge is 2.14. The molecule has 0 spiro atoms. The molecule has 5 heteroatoms. The average Bonchev–Trinajstić information content (AvgIpc) is 2.28. The second kappa shape index (κ2) is 6.60. The molecule has 1 rings (SSSR count). The van der Waals surface area contributed by atoms with E-state index in [1.165, 1.54) is 0 Å². The highest BCUT2D eigenvalue weighted by atomic mass is 32.2. The van der Waals surface area contributed by atoms with Crippen molar-refractivity contribution < 1.29 is 13.5 Å². The lowest BCUT2D eigenvalue weighted by Crippen LogP contribution is -2.20. The molecular weight excluding hydrogens is 262 g/mol. The first kappa shape index (κ1) is 15.5. The van der Waals surface area contributed by atoms with Gasteiger partial charge in [0.1, 0.15) is 6.61 Å². The first-order valence-electron chi connectivity index (χ1n) is 6.05. The summed E-state index contributed by atoms with van der Waals surface area (Å²) in [7, 11) is -3.34. The molecule has 0 bridgehead atoms. The Labute approximate surface area is 114 Å². The molecule has 104 valence electrons. The van der Waals surface area contributed by atoms with Crippen LogP contribution in [-0.4, -0.2) is 25.9 Å². The van der Waals surface area contributed by atoms with Crippen molar-refractivity contribution in [2.45, 2.75) is 20.8 Å². The average molecular weight is 281 g/mol. The summed E-state index contributed by atoms with van der Waals surface area (Å²) in [5, 5.41) is 8.65. The standard InChI is InChI=1S/C14H19NO3S/c1-11(2)10-19(17,18)15-14-9-13(5-4-8-16)7-6-12(14)3/h6-7,9,11,15-16H,8,10H2,1-3H3.